The van der Waals surface area contributed by atoms with Crippen LogP contribution in [0, 0.1) is 49.4 Å². The first-order chi connectivity index (χ1) is 1.73. The van der Waals surface area contributed by atoms with Crippen molar-refractivity contribution in [2.45, 2.75) is 0 Å². The molecular formula is H5BEuO3Sr. The van der Waals surface area contributed by atoms with Crippen LogP contribution in [0.4, 0.5) is 0 Å². The molecule has 6 heavy (non-hydrogen) atoms. The van der Waals surface area contributed by atoms with Crippen LogP contribution in [-0.4, -0.2) is 67.9 Å². The molecule has 0 aliphatic heterocycles. The van der Waals surface area contributed by atoms with Crippen molar-refractivity contribution in [2.75, 3.05) is 0 Å². The Hall–Kier alpha value is 3.01. The zero-order chi connectivity index (χ0) is 3.58. The van der Waals surface area contributed by atoms with E-state index in [-0.39, 0.29) is 94.9 Å². The standard InChI is InChI=1S/BH3O3.Eu.Sr.2H/c2-1(3)4;;;;/h2-4H;;;;. The summed E-state index contributed by atoms with van der Waals surface area (Å²) in [6, 6.07) is 0. The van der Waals surface area contributed by atoms with Gasteiger partial charge in [-0.3, -0.25) is 0 Å². The monoisotopic (exact) mass is 305 g/mol. The third kappa shape index (κ3) is 27.9. The van der Waals surface area contributed by atoms with E-state index in [1.54, 1.807) is 0 Å². The molecule has 0 rings (SSSR count). The van der Waals surface area contributed by atoms with Crippen LogP contribution in [0.2, 0.25) is 0 Å². The van der Waals surface area contributed by atoms with Gasteiger partial charge in [-0.05, 0) is 0 Å². The molecule has 0 heterocycles. The minimum atomic E-state index is -2.17. The van der Waals surface area contributed by atoms with Gasteiger partial charge in [-0.1, -0.05) is 0 Å². The van der Waals surface area contributed by atoms with E-state index in [4.69, 9.17) is 15.1 Å². The van der Waals surface area contributed by atoms with Gasteiger partial charge in [0.1, 0.15) is 0 Å². The van der Waals surface area contributed by atoms with Crippen LogP contribution in [-0.2, 0) is 0 Å². The molecule has 0 atom stereocenters. The van der Waals surface area contributed by atoms with Gasteiger partial charge in [0.2, 0.25) is 0 Å². The molecule has 1 radical (unpaired) electrons. The average molecular weight is 303 g/mol. The van der Waals surface area contributed by atoms with Gasteiger partial charge >= 0.3 is 52.8 Å². The van der Waals surface area contributed by atoms with Crippen molar-refractivity contribution in [1.29, 1.82) is 0 Å². The van der Waals surface area contributed by atoms with Crippen molar-refractivity contribution in [1.82, 2.24) is 0 Å². The summed E-state index contributed by atoms with van der Waals surface area (Å²) in [7, 11) is -2.17. The van der Waals surface area contributed by atoms with Gasteiger partial charge < -0.3 is 15.1 Å². The molecule has 3 nitrogen and oxygen atoms in total. The third-order valence-electron chi connectivity index (χ3n) is 0. The molecule has 0 aromatic carbocycles. The van der Waals surface area contributed by atoms with Gasteiger partial charge in [-0.15, -0.1) is 0 Å². The van der Waals surface area contributed by atoms with E-state index in [0.29, 0.717) is 0 Å². The first-order valence-corrected chi connectivity index (χ1v) is 0.775. The van der Waals surface area contributed by atoms with Gasteiger partial charge in [0.05, 0.1) is 0 Å². The molecule has 0 aliphatic carbocycles. The molecule has 0 saturated carbocycles. The molecule has 3 N–H and O–H groups in total. The molecular weight excluding hydrogens is 298 g/mol. The van der Waals surface area contributed by atoms with Gasteiger partial charge in [-0.25, -0.2) is 0 Å². The van der Waals surface area contributed by atoms with Gasteiger partial charge in [0.25, 0.3) is 0 Å². The molecule has 0 bridgehead atoms. The fourth-order valence-corrected chi connectivity index (χ4v) is 0. The van der Waals surface area contributed by atoms with E-state index < -0.39 is 7.32 Å². The topological polar surface area (TPSA) is 60.7 Å². The van der Waals surface area contributed by atoms with Crippen molar-refractivity contribution >= 4 is 52.8 Å². The van der Waals surface area contributed by atoms with Crippen molar-refractivity contribution in [3.8, 4) is 0 Å². The van der Waals surface area contributed by atoms with Crippen molar-refractivity contribution < 1.29 is 64.4 Å². The maximum absolute atomic E-state index is 7.17. The summed E-state index contributed by atoms with van der Waals surface area (Å²) >= 11 is 0. The van der Waals surface area contributed by atoms with Crippen LogP contribution < -0.4 is 0 Å². The van der Waals surface area contributed by atoms with Crippen molar-refractivity contribution in [3.05, 3.63) is 0 Å². The van der Waals surface area contributed by atoms with E-state index in [2.05, 4.69) is 0 Å². The second kappa shape index (κ2) is 10.9. The predicted octanol–water partition coefficient (Wildman–Crippen LogP) is -2.97. The van der Waals surface area contributed by atoms with Crippen LogP contribution in [0.15, 0.2) is 0 Å². The van der Waals surface area contributed by atoms with Crippen LogP contribution in [0.5, 0.6) is 0 Å². The fraction of sp³-hybridized carbons (Fsp3) is 0. The normalized spacial score (nSPS) is 4.50. The van der Waals surface area contributed by atoms with E-state index in [1.807, 2.05) is 0 Å². The Morgan fingerprint density at radius 1 is 1.00 bits per heavy atom. The molecule has 0 saturated heterocycles. The molecule has 0 unspecified atom stereocenters. The first-order valence-electron chi connectivity index (χ1n) is 0.775. The van der Waals surface area contributed by atoms with E-state index >= 15 is 0 Å². The van der Waals surface area contributed by atoms with E-state index in [9.17, 15) is 0 Å². The Morgan fingerprint density at radius 3 is 1.00 bits per heavy atom. The molecule has 0 fully saturated rings. The third-order valence-corrected chi connectivity index (χ3v) is 0. The van der Waals surface area contributed by atoms with E-state index in [1.165, 1.54) is 0 Å². The van der Waals surface area contributed by atoms with Crippen molar-refractivity contribution in [3.63, 3.8) is 0 Å². The summed E-state index contributed by atoms with van der Waals surface area (Å²) in [6.45, 7) is 0. The predicted molar refractivity (Wildman–Crippen MR) is 21.0 cm³/mol. The van der Waals surface area contributed by atoms with Crippen LogP contribution in [0.25, 0.3) is 0 Å². The Bertz CT molecular complexity index is 15.5. The second-order valence-corrected chi connectivity index (χ2v) is 0.346. The summed E-state index contributed by atoms with van der Waals surface area (Å²) in [6.07, 6.45) is 0. The van der Waals surface area contributed by atoms with Gasteiger partial charge in [0, 0.05) is 49.4 Å². The fourth-order valence-electron chi connectivity index (χ4n) is 0. The van der Waals surface area contributed by atoms with Gasteiger partial charge in [0.15, 0.2) is 0 Å². The van der Waals surface area contributed by atoms with Crippen LogP contribution in [0.3, 0.4) is 0 Å². The summed E-state index contributed by atoms with van der Waals surface area (Å²) in [4.78, 5) is 0. The number of hydrogen-bond donors (Lipinski definition) is 3. The molecule has 0 spiro atoms. The first kappa shape index (κ1) is 16.0. The maximum atomic E-state index is 7.17. The summed E-state index contributed by atoms with van der Waals surface area (Å²) in [5.74, 6) is 0. The van der Waals surface area contributed by atoms with Crippen LogP contribution in [0.1, 0.15) is 0 Å². The summed E-state index contributed by atoms with van der Waals surface area (Å²) < 4.78 is 0. The Labute approximate surface area is 114 Å². The second-order valence-electron chi connectivity index (χ2n) is 0.346. The molecule has 6 heteroatoms. The Kier molecular flexibility index (Phi) is 29.1. The molecule has 0 aliphatic rings. The molecule has 0 aromatic rings. The Balaban J connectivity index is -0.0000000450. The zero-order valence-corrected chi connectivity index (χ0v) is 4.72. The van der Waals surface area contributed by atoms with Crippen LogP contribution >= 0.6 is 0 Å². The molecule has 0 amide bonds. The summed E-state index contributed by atoms with van der Waals surface area (Å²) in [5, 5.41) is 21.5. The number of hydrogen-bond acceptors (Lipinski definition) is 3. The summed E-state index contributed by atoms with van der Waals surface area (Å²) in [5.41, 5.74) is 0. The van der Waals surface area contributed by atoms with Crippen molar-refractivity contribution in [2.24, 2.45) is 0 Å². The SMILES string of the molecule is OB(O)O.[Eu].[SrH2]. The number of rotatable bonds is 0. The average Bonchev–Trinajstić information content (AvgIpc) is 0.811. The quantitative estimate of drug-likeness (QED) is 0.419. The molecule has 35 valence electrons. The van der Waals surface area contributed by atoms with Gasteiger partial charge in [-0.2, -0.15) is 0 Å². The Morgan fingerprint density at radius 2 is 1.00 bits per heavy atom. The van der Waals surface area contributed by atoms with E-state index in [0.717, 1.165) is 0 Å². The molecule has 0 aromatic heterocycles. The minimum absolute atomic E-state index is 0. The zero-order valence-electron chi connectivity index (χ0n) is 2.30.